The summed E-state index contributed by atoms with van der Waals surface area (Å²) >= 11 is 3.40. The Morgan fingerprint density at radius 2 is 1.55 bits per heavy atom. The van der Waals surface area contributed by atoms with Gasteiger partial charge in [0.25, 0.3) is 0 Å². The highest BCUT2D eigenvalue weighted by Gasteiger charge is 2.29. The Morgan fingerprint density at radius 3 is 2.26 bits per heavy atom. The first-order valence-corrected chi connectivity index (χ1v) is 12.3. The highest BCUT2D eigenvalue weighted by atomic mass is 79.9. The van der Waals surface area contributed by atoms with E-state index in [0.29, 0.717) is 13.1 Å². The highest BCUT2D eigenvalue weighted by molar-refractivity contribution is 9.10. The molecule has 160 valence electrons. The second kappa shape index (κ2) is 9.34. The molecule has 0 N–H and O–H groups in total. The van der Waals surface area contributed by atoms with Gasteiger partial charge >= 0.3 is 0 Å². The van der Waals surface area contributed by atoms with Crippen LogP contribution in [0.5, 0.6) is 0 Å². The second-order valence-electron chi connectivity index (χ2n) is 7.55. The summed E-state index contributed by atoms with van der Waals surface area (Å²) in [4.78, 5) is 15.1. The third-order valence-electron chi connectivity index (χ3n) is 5.45. The van der Waals surface area contributed by atoms with Gasteiger partial charge in [0.1, 0.15) is 0 Å². The molecule has 7 heteroatoms. The predicted octanol–water partition coefficient (Wildman–Crippen LogP) is 4.22. The van der Waals surface area contributed by atoms with Crippen molar-refractivity contribution in [3.8, 4) is 0 Å². The molecule has 0 aliphatic carbocycles. The maximum absolute atomic E-state index is 13.4. The third kappa shape index (κ3) is 5.06. The Kier molecular flexibility index (Phi) is 6.55. The largest absolute Gasteiger partial charge is 0.337 e. The predicted molar refractivity (Wildman–Crippen MR) is 124 cm³/mol. The van der Waals surface area contributed by atoms with E-state index < -0.39 is 10.0 Å². The van der Waals surface area contributed by atoms with Crippen LogP contribution < -0.4 is 0 Å². The summed E-state index contributed by atoms with van der Waals surface area (Å²) in [5.74, 6) is -0.189. The van der Waals surface area contributed by atoms with Gasteiger partial charge in [0.05, 0.1) is 11.4 Å². The van der Waals surface area contributed by atoms with Gasteiger partial charge in [-0.25, -0.2) is 8.42 Å². The van der Waals surface area contributed by atoms with Crippen molar-refractivity contribution in [2.75, 3.05) is 13.1 Å². The maximum Gasteiger partial charge on any atom is 0.243 e. The van der Waals surface area contributed by atoms with Crippen LogP contribution in [0, 0.1) is 0 Å². The molecule has 1 aliphatic heterocycles. The fraction of sp³-hybridized carbons (Fsp3) is 0.208. The van der Waals surface area contributed by atoms with Gasteiger partial charge < -0.3 is 4.90 Å². The number of fused-ring (bicyclic) bond motifs is 1. The molecule has 1 heterocycles. The van der Waals surface area contributed by atoms with Gasteiger partial charge in [-0.1, -0.05) is 70.5 Å². The number of hydrogen-bond acceptors (Lipinski definition) is 3. The molecule has 3 aromatic rings. The van der Waals surface area contributed by atoms with Crippen molar-refractivity contribution in [3.05, 3.63) is 100 Å². The highest BCUT2D eigenvalue weighted by Crippen LogP contribution is 2.22. The quantitative estimate of drug-likeness (QED) is 0.510. The Hall–Kier alpha value is -2.48. The van der Waals surface area contributed by atoms with Crippen LogP contribution in [-0.2, 0) is 34.3 Å². The molecular formula is C24H23BrN2O3S. The van der Waals surface area contributed by atoms with E-state index in [4.69, 9.17) is 0 Å². The van der Waals surface area contributed by atoms with E-state index in [-0.39, 0.29) is 23.9 Å². The summed E-state index contributed by atoms with van der Waals surface area (Å²) in [6.07, 6.45) is 0.778. The molecule has 1 aliphatic rings. The molecule has 1 amide bonds. The van der Waals surface area contributed by atoms with Crippen LogP contribution in [0.1, 0.15) is 16.7 Å². The number of halogens is 1. The fourth-order valence-corrected chi connectivity index (χ4v) is 5.38. The van der Waals surface area contributed by atoms with Gasteiger partial charge in [0.15, 0.2) is 0 Å². The molecular weight excluding hydrogens is 476 g/mol. The average molecular weight is 499 g/mol. The lowest BCUT2D eigenvalue weighted by molar-refractivity contribution is -0.132. The smallest absolute Gasteiger partial charge is 0.243 e. The lowest BCUT2D eigenvalue weighted by Gasteiger charge is -2.31. The van der Waals surface area contributed by atoms with Gasteiger partial charge in [-0.15, -0.1) is 0 Å². The monoisotopic (exact) mass is 498 g/mol. The van der Waals surface area contributed by atoms with E-state index in [1.807, 2.05) is 42.5 Å². The van der Waals surface area contributed by atoms with E-state index in [1.165, 1.54) is 9.87 Å². The first kappa shape index (κ1) is 21.7. The van der Waals surface area contributed by atoms with Gasteiger partial charge in [-0.2, -0.15) is 4.31 Å². The molecule has 5 nitrogen and oxygen atoms in total. The number of nitrogens with zero attached hydrogens (tertiary/aromatic N) is 2. The summed E-state index contributed by atoms with van der Waals surface area (Å²) < 4.78 is 28.9. The molecule has 0 bridgehead atoms. The molecule has 4 rings (SSSR count). The maximum atomic E-state index is 13.4. The van der Waals surface area contributed by atoms with Crippen molar-refractivity contribution in [1.29, 1.82) is 0 Å². The topological polar surface area (TPSA) is 57.7 Å². The van der Waals surface area contributed by atoms with Crippen molar-refractivity contribution in [2.24, 2.45) is 0 Å². The average Bonchev–Trinajstić information content (AvgIpc) is 2.80. The molecule has 0 saturated heterocycles. The number of hydrogen-bond donors (Lipinski definition) is 0. The van der Waals surface area contributed by atoms with E-state index >= 15 is 0 Å². The lowest BCUT2D eigenvalue weighted by atomic mass is 10.00. The SMILES string of the molecule is O=C(CN(Cc1ccc(Br)cc1)S(=O)(=O)c1ccccc1)N1CCc2ccccc2C1. The molecule has 0 fully saturated rings. The van der Waals surface area contributed by atoms with Crippen molar-refractivity contribution < 1.29 is 13.2 Å². The number of sulfonamides is 1. The minimum absolute atomic E-state index is 0.126. The van der Waals surface area contributed by atoms with Crippen molar-refractivity contribution in [1.82, 2.24) is 9.21 Å². The first-order valence-electron chi connectivity index (χ1n) is 10.1. The van der Waals surface area contributed by atoms with Gasteiger partial charge in [-0.05, 0) is 47.4 Å². The standard InChI is InChI=1S/C24H23BrN2O3S/c25-22-12-10-19(11-13-22)16-27(31(29,30)23-8-2-1-3-9-23)18-24(28)26-15-14-20-6-4-5-7-21(20)17-26/h1-13H,14-18H2. The molecule has 0 spiro atoms. The van der Waals surface area contributed by atoms with Crippen molar-refractivity contribution >= 4 is 31.9 Å². The number of rotatable bonds is 6. The molecule has 0 unspecified atom stereocenters. The minimum atomic E-state index is -3.83. The number of benzene rings is 3. The van der Waals surface area contributed by atoms with Crippen molar-refractivity contribution in [2.45, 2.75) is 24.4 Å². The molecule has 0 saturated carbocycles. The summed E-state index contributed by atoms with van der Waals surface area (Å²) in [5, 5.41) is 0. The van der Waals surface area contributed by atoms with Crippen LogP contribution in [0.15, 0.2) is 88.2 Å². The first-order chi connectivity index (χ1) is 14.9. The third-order valence-corrected chi connectivity index (χ3v) is 7.78. The molecule has 0 aromatic heterocycles. The fourth-order valence-electron chi connectivity index (χ4n) is 3.72. The Bertz CT molecular complexity index is 1160. The number of amides is 1. The summed E-state index contributed by atoms with van der Waals surface area (Å²) in [6, 6.07) is 23.8. The Balaban J connectivity index is 1.58. The zero-order chi connectivity index (χ0) is 21.8. The summed E-state index contributed by atoms with van der Waals surface area (Å²) in [5.41, 5.74) is 3.18. The summed E-state index contributed by atoms with van der Waals surface area (Å²) in [6.45, 7) is 1.02. The van der Waals surface area contributed by atoms with E-state index in [1.54, 1.807) is 35.2 Å². The second-order valence-corrected chi connectivity index (χ2v) is 10.4. The Labute approximate surface area is 191 Å². The van der Waals surface area contributed by atoms with E-state index in [2.05, 4.69) is 22.0 Å². The molecule has 0 atom stereocenters. The van der Waals surface area contributed by atoms with Gasteiger partial charge in [0.2, 0.25) is 15.9 Å². The van der Waals surface area contributed by atoms with Crippen LogP contribution in [0.3, 0.4) is 0 Å². The normalized spacial score (nSPS) is 13.8. The number of carbonyl (C=O) groups is 1. The van der Waals surface area contributed by atoms with Crippen LogP contribution in [0.2, 0.25) is 0 Å². The zero-order valence-corrected chi connectivity index (χ0v) is 19.3. The van der Waals surface area contributed by atoms with E-state index in [9.17, 15) is 13.2 Å². The van der Waals surface area contributed by atoms with Crippen LogP contribution in [-0.4, -0.2) is 36.6 Å². The zero-order valence-electron chi connectivity index (χ0n) is 16.9. The molecule has 31 heavy (non-hydrogen) atoms. The van der Waals surface area contributed by atoms with E-state index in [0.717, 1.165) is 22.0 Å². The molecule has 3 aromatic carbocycles. The Morgan fingerprint density at radius 1 is 0.903 bits per heavy atom. The lowest BCUT2D eigenvalue weighted by Crippen LogP contribution is -2.44. The van der Waals surface area contributed by atoms with Crippen LogP contribution >= 0.6 is 15.9 Å². The number of carbonyl (C=O) groups excluding carboxylic acids is 1. The van der Waals surface area contributed by atoms with Crippen LogP contribution in [0.4, 0.5) is 0 Å². The van der Waals surface area contributed by atoms with Crippen LogP contribution in [0.25, 0.3) is 0 Å². The van der Waals surface area contributed by atoms with Crippen molar-refractivity contribution in [3.63, 3.8) is 0 Å². The molecule has 0 radical (unpaired) electrons. The van der Waals surface area contributed by atoms with Gasteiger partial charge in [-0.3, -0.25) is 4.79 Å². The summed E-state index contributed by atoms with van der Waals surface area (Å²) in [7, 11) is -3.83. The van der Waals surface area contributed by atoms with Gasteiger partial charge in [0, 0.05) is 24.1 Å². The minimum Gasteiger partial charge on any atom is -0.337 e.